The van der Waals surface area contributed by atoms with Gasteiger partial charge in [0, 0.05) is 104 Å². The molecule has 0 aromatic heterocycles. The van der Waals surface area contributed by atoms with Gasteiger partial charge >= 0.3 is 12.2 Å². The normalized spacial score (nSPS) is 10.6. The Bertz CT molecular complexity index is 1460. The molecule has 0 bridgehead atoms. The van der Waals surface area contributed by atoms with Gasteiger partial charge in [-0.2, -0.15) is 0 Å². The van der Waals surface area contributed by atoms with E-state index in [1.165, 1.54) is 9.80 Å². The van der Waals surface area contributed by atoms with Crippen LogP contribution in [0.1, 0.15) is 103 Å². The average molecular weight is 1350 g/mol. The van der Waals surface area contributed by atoms with Crippen LogP contribution in [0.5, 0.6) is 0 Å². The van der Waals surface area contributed by atoms with Gasteiger partial charge in [-0.3, -0.25) is 38.4 Å². The Labute approximate surface area is 481 Å². The molecule has 0 atom stereocenters. The highest BCUT2D eigenvalue weighted by Gasteiger charge is 2.18. The van der Waals surface area contributed by atoms with Crippen LogP contribution in [-0.4, -0.2) is 209 Å². The van der Waals surface area contributed by atoms with Crippen LogP contribution in [0.15, 0.2) is 0 Å². The predicted octanol–water partition coefficient (Wildman–Crippen LogP) is 2.65. The number of ether oxygens (including phenoxy) is 4. The first-order valence-corrected chi connectivity index (χ1v) is 30.6. The van der Waals surface area contributed by atoms with Crippen molar-refractivity contribution < 1.29 is 66.9 Å². The highest BCUT2D eigenvalue weighted by molar-refractivity contribution is 9.10. The molecule has 0 spiro atoms. The predicted molar refractivity (Wildman–Crippen MR) is 301 cm³/mol. The maximum Gasteiger partial charge on any atom is 0.409 e. The lowest BCUT2D eigenvalue weighted by molar-refractivity contribution is -0.122. The van der Waals surface area contributed by atoms with Gasteiger partial charge in [0.2, 0.25) is 47.3 Å². The Morgan fingerprint density at radius 1 is 0.303 bits per heavy atom. The molecule has 0 aliphatic rings. The SMILES string of the molecule is O=C(CCCCCNC(=O)[14CH2]Br)NCCN(CCNC(=O)CCCCCNC(=O)[14CH2]Br)C(=O)OCCOCCOCCOC(=O)N(CCNC(=O)CCCCCNC(=O)[14CH2]Br)CCNC(=O)CCCCCNC(=O)[14CH2]Br. The zero-order valence-electron chi connectivity index (χ0n) is 44.0. The number of alkyl halides is 4. The van der Waals surface area contributed by atoms with Crippen LogP contribution in [0.3, 0.4) is 0 Å². The Morgan fingerprint density at radius 2 is 0.539 bits per heavy atom. The largest absolute Gasteiger partial charge is 0.447 e. The van der Waals surface area contributed by atoms with E-state index in [1.54, 1.807) is 0 Å². The molecule has 0 saturated carbocycles. The van der Waals surface area contributed by atoms with Gasteiger partial charge in [0.1, 0.15) is 13.2 Å². The van der Waals surface area contributed by atoms with E-state index in [9.17, 15) is 47.9 Å². The van der Waals surface area contributed by atoms with Crippen molar-refractivity contribution in [2.45, 2.75) is 103 Å². The molecule has 0 heterocycles. The fourth-order valence-corrected chi connectivity index (χ4v) is 7.39. The van der Waals surface area contributed by atoms with E-state index < -0.39 is 12.2 Å². The van der Waals surface area contributed by atoms with E-state index in [4.69, 9.17) is 18.9 Å². The molecule has 0 rings (SSSR count). The summed E-state index contributed by atoms with van der Waals surface area (Å²) < 4.78 is 22.0. The first-order chi connectivity index (χ1) is 36.8. The van der Waals surface area contributed by atoms with Crippen molar-refractivity contribution in [3.05, 3.63) is 0 Å². The Morgan fingerprint density at radius 3 is 0.776 bits per heavy atom. The highest BCUT2D eigenvalue weighted by Crippen LogP contribution is 2.04. The molecule has 0 fully saturated rings. The quantitative estimate of drug-likeness (QED) is 0.0321. The van der Waals surface area contributed by atoms with Crippen LogP contribution >= 0.6 is 63.7 Å². The molecular weight excluding hydrogens is 1270 g/mol. The second kappa shape index (κ2) is 51.9. The number of nitrogens with zero attached hydrogens (tertiary/aromatic N) is 2. The highest BCUT2D eigenvalue weighted by atomic mass is 79.9. The number of carbonyl (C=O) groups is 10. The molecule has 0 saturated heterocycles. The van der Waals surface area contributed by atoms with Gasteiger partial charge in [0.25, 0.3) is 0 Å². The van der Waals surface area contributed by atoms with Gasteiger partial charge in [0.15, 0.2) is 0 Å². The summed E-state index contributed by atoms with van der Waals surface area (Å²) in [4.78, 5) is 124. The third-order valence-electron chi connectivity index (χ3n) is 10.7. The van der Waals surface area contributed by atoms with E-state index in [2.05, 4.69) is 106 Å². The van der Waals surface area contributed by atoms with E-state index in [0.717, 1.165) is 51.4 Å². The molecule has 0 aromatic carbocycles. The van der Waals surface area contributed by atoms with Crippen LogP contribution in [0.25, 0.3) is 0 Å². The molecule has 28 heteroatoms. The first-order valence-electron chi connectivity index (χ1n) is 26.1. The van der Waals surface area contributed by atoms with Crippen molar-refractivity contribution in [3.8, 4) is 0 Å². The van der Waals surface area contributed by atoms with Gasteiger partial charge in [-0.15, -0.1) is 0 Å². The number of amides is 10. The van der Waals surface area contributed by atoms with Gasteiger partial charge in [0.05, 0.1) is 47.7 Å². The van der Waals surface area contributed by atoms with Crippen LogP contribution in [0.4, 0.5) is 9.59 Å². The lowest BCUT2D eigenvalue weighted by Gasteiger charge is -2.23. The van der Waals surface area contributed by atoms with E-state index >= 15 is 0 Å². The minimum Gasteiger partial charge on any atom is -0.447 e. The molecule has 0 radical (unpaired) electrons. The first kappa shape index (κ1) is 72.1. The molecule has 438 valence electrons. The summed E-state index contributed by atoms with van der Waals surface area (Å²) in [6.07, 6.45) is 8.45. The fourth-order valence-electron chi connectivity index (χ4n) is 6.59. The molecule has 0 unspecified atom stereocenters. The van der Waals surface area contributed by atoms with Crippen molar-refractivity contribution in [2.24, 2.45) is 0 Å². The van der Waals surface area contributed by atoms with Crippen molar-refractivity contribution in [2.75, 3.05) is 139 Å². The van der Waals surface area contributed by atoms with E-state index in [0.29, 0.717) is 77.5 Å². The van der Waals surface area contributed by atoms with Crippen molar-refractivity contribution in [1.82, 2.24) is 52.3 Å². The molecule has 0 aliphatic heterocycles. The molecule has 24 nitrogen and oxygen atoms in total. The van der Waals surface area contributed by atoms with Crippen molar-refractivity contribution in [3.63, 3.8) is 0 Å². The van der Waals surface area contributed by atoms with Crippen LogP contribution in [-0.2, 0) is 57.3 Å². The number of halogens is 4. The number of rotatable bonds is 49. The Balaban J connectivity index is 4.86. The van der Waals surface area contributed by atoms with Crippen molar-refractivity contribution >= 4 is 123 Å². The molecular formula is C48H84Br4N10O14. The summed E-state index contributed by atoms with van der Waals surface area (Å²) in [6, 6.07) is 0. The number of carbonyl (C=O) groups excluding carboxylic acids is 10. The molecule has 0 aliphatic carbocycles. The minimum atomic E-state index is -0.651. The molecule has 8 N–H and O–H groups in total. The van der Waals surface area contributed by atoms with E-state index in [-0.39, 0.29) is 161 Å². The van der Waals surface area contributed by atoms with Gasteiger partial charge in [-0.25, -0.2) is 9.59 Å². The zero-order chi connectivity index (χ0) is 56.3. The summed E-state index contributed by atoms with van der Waals surface area (Å²) in [6.45, 7) is 3.59. The number of nitrogens with one attached hydrogen (secondary N) is 8. The second-order valence-electron chi connectivity index (χ2n) is 17.0. The molecule has 0 aromatic rings. The topological polar surface area (TPSA) is 310 Å². The van der Waals surface area contributed by atoms with Crippen molar-refractivity contribution in [1.29, 1.82) is 0 Å². The van der Waals surface area contributed by atoms with Gasteiger partial charge in [-0.05, 0) is 51.4 Å². The average Bonchev–Trinajstić information content (AvgIpc) is 3.41. The Hall–Kier alpha value is -3.86. The summed E-state index contributed by atoms with van der Waals surface area (Å²) in [5.41, 5.74) is 0. The summed E-state index contributed by atoms with van der Waals surface area (Å²) >= 11 is 12.4. The molecule has 10 amide bonds. The monoisotopic (exact) mass is 1350 g/mol. The third-order valence-corrected chi connectivity index (χ3v) is 12.7. The van der Waals surface area contributed by atoms with E-state index in [1.807, 2.05) is 0 Å². The van der Waals surface area contributed by atoms with Gasteiger partial charge < -0.3 is 71.3 Å². The van der Waals surface area contributed by atoms with Crippen LogP contribution in [0, 0.1) is 0 Å². The standard InChI is InChI=1S/C48H84Br4N10O14/c49-35-43(67)53-17-9-1-5-13-39(63)57-21-25-61(26-22-58-40(64)14-6-2-10-18-54-44(68)36-50)47(71)75-33-31-73-29-30-74-32-34-76-48(72)62(27-23-59-41(65)15-7-3-11-19-55-45(69)37-51)28-24-60-42(66)16-8-4-12-20-56-46(70)38-52/h1-38H2,(H,53,67)(H,54,68)(H,55,69)(H,56,70)(H,57,63)(H,58,64)(H,59,65)(H,60,66)/i35+2,36+2,37+2,38+2. The maximum atomic E-state index is 13.1. The number of hydrogen-bond acceptors (Lipinski definition) is 14. The lowest BCUT2D eigenvalue weighted by Crippen LogP contribution is -2.43. The summed E-state index contributed by atoms with van der Waals surface area (Å²) in [5, 5.41) is 23.2. The van der Waals surface area contributed by atoms with Gasteiger partial charge in [-0.1, -0.05) is 89.4 Å². The lowest BCUT2D eigenvalue weighted by atomic mass is 10.2. The summed E-state index contributed by atoms with van der Waals surface area (Å²) in [5.74, 6) is -1.07. The minimum absolute atomic E-state index is 0.0571. The maximum absolute atomic E-state index is 13.1. The third kappa shape index (κ3) is 46.3. The number of hydrogen-bond donors (Lipinski definition) is 8. The zero-order valence-corrected chi connectivity index (χ0v) is 50.3. The molecule has 76 heavy (non-hydrogen) atoms. The number of unbranched alkanes of at least 4 members (excludes halogenated alkanes) is 8. The Kier molecular flexibility index (Phi) is 49.2. The summed E-state index contributed by atoms with van der Waals surface area (Å²) in [7, 11) is 0. The fraction of sp³-hybridized carbons (Fsp3) is 0.792. The van der Waals surface area contributed by atoms with Crippen LogP contribution < -0.4 is 42.5 Å². The second-order valence-corrected chi connectivity index (χ2v) is 19.2. The van der Waals surface area contributed by atoms with Crippen LogP contribution in [0.2, 0.25) is 0 Å². The smallest absolute Gasteiger partial charge is 0.409 e.